The van der Waals surface area contributed by atoms with Crippen molar-refractivity contribution in [1.29, 1.82) is 0 Å². The second-order valence-corrected chi connectivity index (χ2v) is 6.21. The molecule has 1 fully saturated rings. The van der Waals surface area contributed by atoms with E-state index >= 15 is 0 Å². The summed E-state index contributed by atoms with van der Waals surface area (Å²) in [7, 11) is 0. The fraction of sp³-hybridized carbons (Fsp3) is 0.824. The van der Waals surface area contributed by atoms with Gasteiger partial charge in [-0.05, 0) is 12.8 Å². The average Bonchev–Trinajstić information content (AvgIpc) is 2.54. The Morgan fingerprint density at radius 3 is 1.81 bits per heavy atom. The van der Waals surface area contributed by atoms with Crippen molar-refractivity contribution in [2.24, 2.45) is 5.92 Å². The molecule has 0 aromatic heterocycles. The quantitative estimate of drug-likeness (QED) is 0.274. The number of Topliss-reactive ketones (excluding diaryl/α,β-unsaturated/α-hetero) is 1. The first-order valence-corrected chi connectivity index (χ1v) is 8.67. The van der Waals surface area contributed by atoms with E-state index < -0.39 is 24.5 Å². The van der Waals surface area contributed by atoms with Crippen LogP contribution in [0.2, 0.25) is 0 Å². The van der Waals surface area contributed by atoms with E-state index in [1.54, 1.807) is 0 Å². The van der Waals surface area contributed by atoms with Crippen molar-refractivity contribution in [2.45, 2.75) is 76.7 Å². The van der Waals surface area contributed by atoms with E-state index in [0.29, 0.717) is 25.7 Å². The Bertz CT molecular complexity index is 375. The number of carboxylic acids is 2. The van der Waals surface area contributed by atoms with Crippen LogP contribution in [-0.2, 0) is 35.4 Å². The van der Waals surface area contributed by atoms with E-state index in [-0.39, 0.29) is 45.5 Å². The number of carbonyl (C=O) groups is 3. The van der Waals surface area contributed by atoms with Crippen LogP contribution in [-0.4, -0.2) is 45.7 Å². The second kappa shape index (κ2) is 19.0. The van der Waals surface area contributed by atoms with Crippen LogP contribution >= 0.6 is 0 Å². The minimum absolute atomic E-state index is 0. The topological polar surface area (TPSA) is 169 Å². The summed E-state index contributed by atoms with van der Waals surface area (Å²) < 4.78 is 0. The largest absolute Gasteiger partial charge is 2.00 e. The van der Waals surface area contributed by atoms with Crippen molar-refractivity contribution in [3.8, 4) is 0 Å². The van der Waals surface area contributed by atoms with E-state index in [2.05, 4.69) is 0 Å². The molecule has 1 aliphatic carbocycles. The molecule has 156 valence electrons. The van der Waals surface area contributed by atoms with Crippen LogP contribution in [0, 0.1) is 5.92 Å². The molecule has 0 saturated heterocycles. The van der Waals surface area contributed by atoms with Gasteiger partial charge in [0.1, 0.15) is 6.61 Å². The smallest absolute Gasteiger partial charge is 0.693 e. The van der Waals surface area contributed by atoms with E-state index in [1.807, 2.05) is 0 Å². The summed E-state index contributed by atoms with van der Waals surface area (Å²) >= 11 is 0. The van der Waals surface area contributed by atoms with Crippen molar-refractivity contribution in [2.75, 3.05) is 6.61 Å². The second-order valence-electron chi connectivity index (χ2n) is 6.21. The van der Waals surface area contributed by atoms with Crippen LogP contribution in [0.5, 0.6) is 0 Å². The van der Waals surface area contributed by atoms with Gasteiger partial charge in [-0.1, -0.05) is 51.4 Å². The number of aliphatic hydroxyl groups is 1. The van der Waals surface area contributed by atoms with Gasteiger partial charge in [0.25, 0.3) is 0 Å². The van der Waals surface area contributed by atoms with Crippen molar-refractivity contribution < 1.29 is 50.8 Å². The Hall–Kier alpha value is -0.822. The zero-order valence-electron chi connectivity index (χ0n) is 15.1. The molecule has 8 nitrogen and oxygen atoms in total. The summed E-state index contributed by atoms with van der Waals surface area (Å²) in [5.74, 6) is -4.17. The standard InChI is InChI=1S/C11H18O6.C6H12N.H2N.Pt/c12-7-8(13)5-3-1-2-4-6-9(10(14)15)11(16)17;7-6-4-2-1-3-5-6;;/h9,12H,1-7H2,(H,14,15)(H,16,17);6-7H,1-5H2;1H2;/q;2*-1;+2. The Morgan fingerprint density at radius 1 is 0.923 bits per heavy atom. The number of ketones is 1. The molecule has 9 heteroatoms. The number of aliphatic carboxylic acids is 2. The number of hydrogen-bond acceptors (Lipinski definition) is 4. The van der Waals surface area contributed by atoms with Crippen LogP contribution in [0.4, 0.5) is 0 Å². The number of nitrogens with one attached hydrogen (secondary N) is 1. The Balaban J connectivity index is -0.000000494. The molecular formula is C17H32N2O6Pt. The number of aliphatic hydroxyl groups excluding tert-OH is 1. The molecule has 26 heavy (non-hydrogen) atoms. The van der Waals surface area contributed by atoms with Crippen molar-refractivity contribution >= 4 is 17.7 Å². The molecule has 0 aromatic rings. The third-order valence-corrected chi connectivity index (χ3v) is 4.08. The summed E-state index contributed by atoms with van der Waals surface area (Å²) in [5.41, 5.74) is 7.27. The minimum Gasteiger partial charge on any atom is -0.693 e. The SMILES string of the molecule is O=C(CO)CCCCCCC(C(=O)O)C(=O)O.[NH-]C1CCCCC1.[NH2-].[Pt+2]. The summed E-state index contributed by atoms with van der Waals surface area (Å²) in [6.07, 6.45) is 9.28. The van der Waals surface area contributed by atoms with Gasteiger partial charge in [0, 0.05) is 6.42 Å². The number of hydrogen-bond donors (Lipinski definition) is 3. The predicted octanol–water partition coefficient (Wildman–Crippen LogP) is 3.76. The Morgan fingerprint density at radius 2 is 1.42 bits per heavy atom. The van der Waals surface area contributed by atoms with E-state index in [4.69, 9.17) is 21.1 Å². The third kappa shape index (κ3) is 16.6. The fourth-order valence-corrected chi connectivity index (χ4v) is 2.56. The van der Waals surface area contributed by atoms with E-state index in [1.165, 1.54) is 19.3 Å². The normalized spacial score (nSPS) is 13.7. The Kier molecular flexibility index (Phi) is 21.8. The molecule has 0 amide bonds. The maximum atomic E-state index is 10.7. The molecular weight excluding hydrogens is 523 g/mol. The molecule has 0 spiro atoms. The maximum absolute atomic E-state index is 10.7. The zero-order valence-corrected chi connectivity index (χ0v) is 17.4. The summed E-state index contributed by atoms with van der Waals surface area (Å²) in [6, 6.07) is 0.286. The average molecular weight is 556 g/mol. The van der Waals surface area contributed by atoms with Gasteiger partial charge >= 0.3 is 33.0 Å². The summed E-state index contributed by atoms with van der Waals surface area (Å²) in [4.78, 5) is 31.8. The zero-order chi connectivity index (χ0) is 18.4. The molecule has 0 bridgehead atoms. The van der Waals surface area contributed by atoms with Gasteiger partial charge in [0.2, 0.25) is 0 Å². The molecule has 1 rings (SSSR count). The molecule has 0 atom stereocenters. The predicted molar refractivity (Wildman–Crippen MR) is 95.0 cm³/mol. The van der Waals surface area contributed by atoms with Gasteiger partial charge in [-0.25, -0.2) is 0 Å². The fourth-order valence-electron chi connectivity index (χ4n) is 2.56. The third-order valence-electron chi connectivity index (χ3n) is 4.08. The van der Waals surface area contributed by atoms with Crippen molar-refractivity contribution in [3.05, 3.63) is 11.9 Å². The summed E-state index contributed by atoms with van der Waals surface area (Å²) in [5, 5.41) is 25.6. The molecule has 1 saturated carbocycles. The first-order valence-electron chi connectivity index (χ1n) is 8.67. The number of unbranched alkanes of at least 4 members (excludes halogenated alkanes) is 3. The van der Waals surface area contributed by atoms with Gasteiger partial charge in [-0.15, -0.1) is 6.04 Å². The van der Waals surface area contributed by atoms with Crippen LogP contribution in [0.3, 0.4) is 0 Å². The van der Waals surface area contributed by atoms with Crippen LogP contribution < -0.4 is 0 Å². The molecule has 1 aliphatic rings. The summed E-state index contributed by atoms with van der Waals surface area (Å²) in [6.45, 7) is -0.444. The number of carbonyl (C=O) groups excluding carboxylic acids is 1. The van der Waals surface area contributed by atoms with Gasteiger partial charge in [0.15, 0.2) is 11.7 Å². The monoisotopic (exact) mass is 555 g/mol. The van der Waals surface area contributed by atoms with Crippen LogP contribution in [0.15, 0.2) is 0 Å². The minimum atomic E-state index is -1.34. The van der Waals surface area contributed by atoms with E-state index in [0.717, 1.165) is 19.3 Å². The number of rotatable bonds is 10. The van der Waals surface area contributed by atoms with E-state index in [9.17, 15) is 14.4 Å². The van der Waals surface area contributed by atoms with Crippen LogP contribution in [0.25, 0.3) is 11.9 Å². The van der Waals surface area contributed by atoms with Gasteiger partial charge in [0.05, 0.1) is 0 Å². The molecule has 0 aliphatic heterocycles. The molecule has 0 heterocycles. The molecule has 6 N–H and O–H groups in total. The van der Waals surface area contributed by atoms with Crippen LogP contribution in [0.1, 0.15) is 70.6 Å². The van der Waals surface area contributed by atoms with Crippen molar-refractivity contribution in [1.82, 2.24) is 0 Å². The van der Waals surface area contributed by atoms with Gasteiger partial charge in [-0.3, -0.25) is 14.4 Å². The van der Waals surface area contributed by atoms with Gasteiger partial charge < -0.3 is 27.2 Å². The number of nitrogens with two attached hydrogens (primary N) is 1. The van der Waals surface area contributed by atoms with Crippen molar-refractivity contribution in [3.63, 3.8) is 0 Å². The maximum Gasteiger partial charge on any atom is 2.00 e. The first kappa shape index (κ1) is 29.9. The molecule has 0 aromatic carbocycles. The van der Waals surface area contributed by atoms with Gasteiger partial charge in [-0.2, -0.15) is 0 Å². The molecule has 0 unspecified atom stereocenters. The Labute approximate surface area is 169 Å². The first-order chi connectivity index (χ1) is 11.4. The molecule has 0 radical (unpaired) electrons. The number of carboxylic acid groups (broad SMARTS) is 2.